The first-order chi connectivity index (χ1) is 15.1. The second-order valence-electron chi connectivity index (χ2n) is 7.57. The Morgan fingerprint density at radius 3 is 2.42 bits per heavy atom. The first kappa shape index (κ1) is 20.5. The molecule has 4 rings (SSSR count). The Kier molecular flexibility index (Phi) is 6.22. The predicted molar refractivity (Wildman–Crippen MR) is 122 cm³/mol. The van der Waals surface area contributed by atoms with E-state index >= 15 is 0 Å². The van der Waals surface area contributed by atoms with E-state index < -0.39 is 0 Å². The molecule has 0 saturated heterocycles. The van der Waals surface area contributed by atoms with Crippen molar-refractivity contribution in [3.8, 4) is 0 Å². The van der Waals surface area contributed by atoms with Crippen molar-refractivity contribution in [3.05, 3.63) is 101 Å². The van der Waals surface area contributed by atoms with E-state index in [2.05, 4.69) is 5.32 Å². The van der Waals surface area contributed by atoms with Crippen LogP contribution in [0.15, 0.2) is 78.9 Å². The highest BCUT2D eigenvalue weighted by Gasteiger charge is 2.15. The Labute approximate surface area is 181 Å². The van der Waals surface area contributed by atoms with Gasteiger partial charge < -0.3 is 9.88 Å². The summed E-state index contributed by atoms with van der Waals surface area (Å²) >= 11 is 0. The lowest BCUT2D eigenvalue weighted by Gasteiger charge is -2.10. The van der Waals surface area contributed by atoms with Crippen molar-refractivity contribution >= 4 is 22.7 Å². The van der Waals surface area contributed by atoms with Crippen LogP contribution in [0.4, 0.5) is 0 Å². The van der Waals surface area contributed by atoms with Gasteiger partial charge in [-0.3, -0.25) is 9.59 Å². The number of Topliss-reactive ketones (excluding diaryl/α,β-unsaturated/α-hetero) is 1. The maximum absolute atomic E-state index is 12.8. The minimum absolute atomic E-state index is 0.0536. The number of nitrogens with zero attached hydrogens (tertiary/aromatic N) is 2. The Bertz CT molecular complexity index is 1210. The van der Waals surface area contributed by atoms with E-state index in [1.165, 1.54) is 0 Å². The van der Waals surface area contributed by atoms with Gasteiger partial charge in [-0.1, -0.05) is 60.7 Å². The number of carbonyl (C=O) groups excluding carboxylic acids is 2. The first-order valence-electron chi connectivity index (χ1n) is 10.5. The number of nitrogens with one attached hydrogen (secondary N) is 1. The number of carbonyl (C=O) groups is 2. The van der Waals surface area contributed by atoms with Gasteiger partial charge in [0.2, 0.25) is 0 Å². The highest BCUT2D eigenvalue weighted by atomic mass is 16.1. The number of fused-ring (bicyclic) bond motifs is 1. The average Bonchev–Trinajstić information content (AvgIpc) is 3.14. The molecule has 1 amide bonds. The van der Waals surface area contributed by atoms with Crippen molar-refractivity contribution in [2.45, 2.75) is 26.3 Å². The Hall–Kier alpha value is -3.73. The third-order valence-electron chi connectivity index (χ3n) is 5.38. The van der Waals surface area contributed by atoms with Gasteiger partial charge in [0.05, 0.1) is 17.6 Å². The number of hydrogen-bond acceptors (Lipinski definition) is 3. The Morgan fingerprint density at radius 2 is 1.61 bits per heavy atom. The summed E-state index contributed by atoms with van der Waals surface area (Å²) in [6.07, 6.45) is 1.41. The van der Waals surface area contributed by atoms with Crippen LogP contribution in [0.1, 0.15) is 38.5 Å². The second-order valence-corrected chi connectivity index (χ2v) is 7.57. The summed E-state index contributed by atoms with van der Waals surface area (Å²) in [6.45, 7) is 2.72. The molecule has 1 aromatic heterocycles. The SMILES string of the molecule is Cc1ccccc1C(=O)NCCCc1nc2ccccc2n1CC(=O)c1ccccc1. The van der Waals surface area contributed by atoms with Crippen LogP contribution < -0.4 is 5.32 Å². The molecule has 5 nitrogen and oxygen atoms in total. The second kappa shape index (κ2) is 9.39. The van der Waals surface area contributed by atoms with Crippen molar-refractivity contribution in [1.29, 1.82) is 0 Å². The van der Waals surface area contributed by atoms with Crippen molar-refractivity contribution in [2.75, 3.05) is 6.54 Å². The fraction of sp³-hybridized carbons (Fsp3) is 0.192. The summed E-state index contributed by atoms with van der Waals surface area (Å²) in [7, 11) is 0. The van der Waals surface area contributed by atoms with Crippen LogP contribution in [-0.4, -0.2) is 27.8 Å². The number of imidazole rings is 1. The van der Waals surface area contributed by atoms with Gasteiger partial charge in [-0.05, 0) is 37.1 Å². The highest BCUT2D eigenvalue weighted by molar-refractivity contribution is 5.97. The fourth-order valence-electron chi connectivity index (χ4n) is 3.72. The number of benzene rings is 3. The Morgan fingerprint density at radius 1 is 0.903 bits per heavy atom. The largest absolute Gasteiger partial charge is 0.352 e. The molecule has 31 heavy (non-hydrogen) atoms. The molecule has 0 unspecified atom stereocenters. The summed E-state index contributed by atoms with van der Waals surface area (Å²) in [5, 5.41) is 2.99. The number of ketones is 1. The summed E-state index contributed by atoms with van der Waals surface area (Å²) in [5.74, 6) is 0.847. The van der Waals surface area contributed by atoms with Crippen LogP contribution in [0.25, 0.3) is 11.0 Å². The molecule has 0 spiro atoms. The van der Waals surface area contributed by atoms with Gasteiger partial charge in [-0.2, -0.15) is 0 Å². The molecule has 4 aromatic rings. The van der Waals surface area contributed by atoms with Gasteiger partial charge in [0.25, 0.3) is 5.91 Å². The average molecular weight is 412 g/mol. The van der Waals surface area contributed by atoms with Gasteiger partial charge in [-0.15, -0.1) is 0 Å². The number of aryl methyl sites for hydroxylation is 2. The molecule has 0 aliphatic rings. The summed E-state index contributed by atoms with van der Waals surface area (Å²) in [5.41, 5.74) is 4.18. The smallest absolute Gasteiger partial charge is 0.251 e. The molecule has 0 aliphatic carbocycles. The van der Waals surface area contributed by atoms with Crippen LogP contribution in [0.2, 0.25) is 0 Å². The zero-order valence-corrected chi connectivity index (χ0v) is 17.5. The fourth-order valence-corrected chi connectivity index (χ4v) is 3.72. The highest BCUT2D eigenvalue weighted by Crippen LogP contribution is 2.18. The minimum Gasteiger partial charge on any atom is -0.352 e. The van der Waals surface area contributed by atoms with E-state index in [1.807, 2.05) is 90.4 Å². The summed E-state index contributed by atoms with van der Waals surface area (Å²) in [4.78, 5) is 30.0. The molecule has 3 aromatic carbocycles. The van der Waals surface area contributed by atoms with Gasteiger partial charge in [0, 0.05) is 24.1 Å². The van der Waals surface area contributed by atoms with Crippen LogP contribution in [-0.2, 0) is 13.0 Å². The van der Waals surface area contributed by atoms with E-state index in [1.54, 1.807) is 0 Å². The van der Waals surface area contributed by atoms with Crippen LogP contribution >= 0.6 is 0 Å². The molecule has 1 heterocycles. The van der Waals surface area contributed by atoms with Gasteiger partial charge in [-0.25, -0.2) is 4.98 Å². The zero-order valence-electron chi connectivity index (χ0n) is 17.5. The molecule has 5 heteroatoms. The van der Waals surface area contributed by atoms with E-state index in [9.17, 15) is 9.59 Å². The molecular formula is C26H25N3O2. The molecular weight excluding hydrogens is 386 g/mol. The lowest BCUT2D eigenvalue weighted by Crippen LogP contribution is -2.25. The number of hydrogen-bond donors (Lipinski definition) is 1. The van der Waals surface area contributed by atoms with Crippen molar-refractivity contribution in [3.63, 3.8) is 0 Å². The van der Waals surface area contributed by atoms with Crippen molar-refractivity contribution in [1.82, 2.24) is 14.9 Å². The normalized spacial score (nSPS) is 10.9. The van der Waals surface area contributed by atoms with E-state index in [4.69, 9.17) is 4.98 Å². The molecule has 0 bridgehead atoms. The summed E-state index contributed by atoms with van der Waals surface area (Å²) < 4.78 is 1.99. The summed E-state index contributed by atoms with van der Waals surface area (Å²) in [6, 6.07) is 24.7. The lowest BCUT2D eigenvalue weighted by molar-refractivity contribution is 0.0950. The van der Waals surface area contributed by atoms with Crippen LogP contribution in [0.5, 0.6) is 0 Å². The number of aromatic nitrogens is 2. The zero-order chi connectivity index (χ0) is 21.6. The van der Waals surface area contributed by atoms with Crippen LogP contribution in [0, 0.1) is 6.92 Å². The molecule has 0 radical (unpaired) electrons. The van der Waals surface area contributed by atoms with Gasteiger partial charge in [0.15, 0.2) is 5.78 Å². The van der Waals surface area contributed by atoms with Crippen molar-refractivity contribution < 1.29 is 9.59 Å². The Balaban J connectivity index is 1.45. The third kappa shape index (κ3) is 4.72. The standard InChI is InChI=1S/C26H25N3O2/c1-19-10-5-6-13-21(19)26(31)27-17-9-16-25-28-22-14-7-8-15-23(22)29(25)18-24(30)20-11-3-2-4-12-20/h2-8,10-15H,9,16-18H2,1H3,(H,27,31). The number of rotatable bonds is 8. The molecule has 0 fully saturated rings. The van der Waals surface area contributed by atoms with E-state index in [-0.39, 0.29) is 18.2 Å². The molecule has 156 valence electrons. The first-order valence-corrected chi connectivity index (χ1v) is 10.5. The maximum Gasteiger partial charge on any atom is 0.251 e. The van der Waals surface area contributed by atoms with Gasteiger partial charge >= 0.3 is 0 Å². The molecule has 0 atom stereocenters. The minimum atomic E-state index is -0.0640. The van der Waals surface area contributed by atoms with Crippen molar-refractivity contribution in [2.24, 2.45) is 0 Å². The number of amides is 1. The molecule has 1 N–H and O–H groups in total. The lowest BCUT2D eigenvalue weighted by atomic mass is 10.1. The quantitative estimate of drug-likeness (QED) is 0.341. The predicted octanol–water partition coefficient (Wildman–Crippen LogP) is 4.59. The van der Waals surface area contributed by atoms with Gasteiger partial charge in [0.1, 0.15) is 5.82 Å². The molecule has 0 saturated carbocycles. The monoisotopic (exact) mass is 411 g/mol. The van der Waals surface area contributed by atoms with E-state index in [0.717, 1.165) is 28.8 Å². The number of para-hydroxylation sites is 2. The third-order valence-corrected chi connectivity index (χ3v) is 5.38. The van der Waals surface area contributed by atoms with E-state index in [0.29, 0.717) is 24.1 Å². The maximum atomic E-state index is 12.8. The topological polar surface area (TPSA) is 64.0 Å². The van der Waals surface area contributed by atoms with Crippen LogP contribution in [0.3, 0.4) is 0 Å². The molecule has 0 aliphatic heterocycles.